The van der Waals surface area contributed by atoms with Crippen LogP contribution in [0.5, 0.6) is 0 Å². The van der Waals surface area contributed by atoms with Gasteiger partial charge in [0.2, 0.25) is 10.0 Å². The normalized spacial score (nSPS) is 23.9. The van der Waals surface area contributed by atoms with Crippen molar-refractivity contribution in [3.63, 3.8) is 0 Å². The number of aliphatic hydroxyl groups excluding tert-OH is 1. The average Bonchev–Trinajstić information content (AvgIpc) is 2.40. The van der Waals surface area contributed by atoms with Gasteiger partial charge in [-0.15, -0.1) is 0 Å². The lowest BCUT2D eigenvalue weighted by Crippen LogP contribution is -2.44. The van der Waals surface area contributed by atoms with Crippen LogP contribution < -0.4 is 4.72 Å². The minimum Gasteiger partial charge on any atom is -0.391 e. The van der Waals surface area contributed by atoms with E-state index in [2.05, 4.69) is 4.72 Å². The van der Waals surface area contributed by atoms with Crippen LogP contribution in [0.2, 0.25) is 0 Å². The van der Waals surface area contributed by atoms with Crippen molar-refractivity contribution >= 4 is 19.9 Å². The zero-order valence-corrected chi connectivity index (χ0v) is 13.3. The van der Waals surface area contributed by atoms with Gasteiger partial charge in [0.15, 0.2) is 9.84 Å². The summed E-state index contributed by atoms with van der Waals surface area (Å²) in [5.74, 6) is 0. The van der Waals surface area contributed by atoms with E-state index in [1.807, 2.05) is 0 Å². The molecule has 1 aliphatic carbocycles. The first kappa shape index (κ1) is 16.4. The molecular formula is C13H19NO5S2. The minimum absolute atomic E-state index is 0.00678. The third kappa shape index (κ3) is 4.03. The fraction of sp³-hybridized carbons (Fsp3) is 0.538. The Hall–Kier alpha value is -0.960. The molecule has 6 nitrogen and oxygen atoms in total. The molecule has 0 radical (unpaired) electrons. The van der Waals surface area contributed by atoms with Gasteiger partial charge in [-0.25, -0.2) is 21.6 Å². The van der Waals surface area contributed by atoms with Gasteiger partial charge in [-0.2, -0.15) is 0 Å². The summed E-state index contributed by atoms with van der Waals surface area (Å²) in [7, 11) is -7.12. The first-order valence-corrected chi connectivity index (χ1v) is 10.1. The molecule has 1 aromatic rings. The van der Waals surface area contributed by atoms with E-state index in [4.69, 9.17) is 0 Å². The Bertz CT molecular complexity index is 695. The summed E-state index contributed by atoms with van der Waals surface area (Å²) in [6, 6.07) is 4.56. The third-order valence-electron chi connectivity index (χ3n) is 3.60. The number of aliphatic hydroxyl groups is 1. The van der Waals surface area contributed by atoms with Crippen LogP contribution in [0.1, 0.15) is 25.7 Å². The Kier molecular flexibility index (Phi) is 4.72. The lowest BCUT2D eigenvalue weighted by Gasteiger charge is -2.28. The SMILES string of the molecule is CS(=O)(=O)c1ccc(S(=O)(=O)N[C@H]2CCCC[C@@H]2O)cc1. The number of sulfone groups is 1. The topological polar surface area (TPSA) is 101 Å². The summed E-state index contributed by atoms with van der Waals surface area (Å²) in [5, 5.41) is 9.82. The fourth-order valence-corrected chi connectivity index (χ4v) is 4.32. The number of sulfonamides is 1. The van der Waals surface area contributed by atoms with Crippen LogP contribution in [0.3, 0.4) is 0 Å². The van der Waals surface area contributed by atoms with E-state index >= 15 is 0 Å². The van der Waals surface area contributed by atoms with Gasteiger partial charge in [-0.1, -0.05) is 12.8 Å². The van der Waals surface area contributed by atoms with Crippen LogP contribution in [0, 0.1) is 0 Å². The molecule has 2 rings (SSSR count). The second-order valence-corrected chi connectivity index (χ2v) is 9.05. The van der Waals surface area contributed by atoms with Crippen molar-refractivity contribution in [2.45, 2.75) is 47.6 Å². The maximum atomic E-state index is 12.2. The van der Waals surface area contributed by atoms with E-state index < -0.39 is 32.0 Å². The Morgan fingerprint density at radius 3 is 2.05 bits per heavy atom. The highest BCUT2D eigenvalue weighted by Gasteiger charge is 2.28. The Labute approximate surface area is 125 Å². The predicted octanol–water partition coefficient (Wildman–Crippen LogP) is 0.672. The van der Waals surface area contributed by atoms with Crippen molar-refractivity contribution in [2.75, 3.05) is 6.26 Å². The highest BCUT2D eigenvalue weighted by Crippen LogP contribution is 2.21. The lowest BCUT2D eigenvalue weighted by molar-refractivity contribution is 0.101. The van der Waals surface area contributed by atoms with Gasteiger partial charge in [0.05, 0.1) is 15.9 Å². The quantitative estimate of drug-likeness (QED) is 0.843. The minimum atomic E-state index is -3.76. The molecule has 1 fully saturated rings. The predicted molar refractivity (Wildman–Crippen MR) is 78.1 cm³/mol. The number of hydrogen-bond donors (Lipinski definition) is 2. The zero-order valence-electron chi connectivity index (χ0n) is 11.7. The summed E-state index contributed by atoms with van der Waals surface area (Å²) in [6.07, 6.45) is 3.33. The zero-order chi connectivity index (χ0) is 15.7. The second kappa shape index (κ2) is 6.04. The molecule has 2 N–H and O–H groups in total. The van der Waals surface area contributed by atoms with Crippen LogP contribution in [-0.4, -0.2) is 40.3 Å². The first-order chi connectivity index (χ1) is 9.70. The molecule has 0 heterocycles. The van der Waals surface area contributed by atoms with E-state index in [1.165, 1.54) is 24.3 Å². The van der Waals surface area contributed by atoms with Crippen LogP contribution in [-0.2, 0) is 19.9 Å². The molecule has 1 saturated carbocycles. The van der Waals surface area contributed by atoms with Gasteiger partial charge in [0, 0.05) is 12.3 Å². The van der Waals surface area contributed by atoms with E-state index in [9.17, 15) is 21.9 Å². The maximum absolute atomic E-state index is 12.2. The standard InChI is InChI=1S/C13H19NO5S2/c1-20(16,17)10-6-8-11(9-7-10)21(18,19)14-12-4-2-3-5-13(12)15/h6-9,12-15H,2-5H2,1H3/t12-,13-/m0/s1. The number of benzene rings is 1. The Morgan fingerprint density at radius 1 is 1.00 bits per heavy atom. The first-order valence-electron chi connectivity index (χ1n) is 6.71. The van der Waals surface area contributed by atoms with Crippen molar-refractivity contribution in [1.29, 1.82) is 0 Å². The van der Waals surface area contributed by atoms with E-state index in [1.54, 1.807) is 0 Å². The van der Waals surface area contributed by atoms with E-state index in [0.29, 0.717) is 12.8 Å². The van der Waals surface area contributed by atoms with Crippen LogP contribution in [0.25, 0.3) is 0 Å². The third-order valence-corrected chi connectivity index (χ3v) is 6.23. The Balaban J connectivity index is 2.19. The molecule has 118 valence electrons. The van der Waals surface area contributed by atoms with Gasteiger partial charge < -0.3 is 5.11 Å². The molecule has 0 bridgehead atoms. The van der Waals surface area contributed by atoms with Crippen molar-refractivity contribution in [1.82, 2.24) is 4.72 Å². The van der Waals surface area contributed by atoms with E-state index in [0.717, 1.165) is 19.1 Å². The highest BCUT2D eigenvalue weighted by molar-refractivity contribution is 7.90. The van der Waals surface area contributed by atoms with Gasteiger partial charge >= 0.3 is 0 Å². The molecule has 0 aromatic heterocycles. The van der Waals surface area contributed by atoms with E-state index in [-0.39, 0.29) is 9.79 Å². The lowest BCUT2D eigenvalue weighted by atomic mass is 9.93. The second-order valence-electron chi connectivity index (χ2n) is 5.32. The molecule has 0 saturated heterocycles. The summed E-state index contributed by atoms with van der Waals surface area (Å²) < 4.78 is 49.7. The summed E-state index contributed by atoms with van der Waals surface area (Å²) >= 11 is 0. The number of hydrogen-bond acceptors (Lipinski definition) is 5. The largest absolute Gasteiger partial charge is 0.391 e. The number of rotatable bonds is 4. The molecule has 0 aliphatic heterocycles. The molecule has 2 atom stereocenters. The van der Waals surface area contributed by atoms with Crippen molar-refractivity contribution in [3.05, 3.63) is 24.3 Å². The van der Waals surface area contributed by atoms with Crippen molar-refractivity contribution < 1.29 is 21.9 Å². The van der Waals surface area contributed by atoms with Crippen LogP contribution in [0.15, 0.2) is 34.1 Å². The molecular weight excluding hydrogens is 314 g/mol. The molecule has 0 amide bonds. The summed E-state index contributed by atoms with van der Waals surface area (Å²) in [4.78, 5) is 0.0619. The smallest absolute Gasteiger partial charge is 0.240 e. The van der Waals surface area contributed by atoms with Gasteiger partial charge in [-0.05, 0) is 37.1 Å². The maximum Gasteiger partial charge on any atom is 0.240 e. The average molecular weight is 333 g/mol. The van der Waals surface area contributed by atoms with Gasteiger partial charge in [-0.3, -0.25) is 0 Å². The summed E-state index contributed by atoms with van der Waals surface area (Å²) in [5.41, 5.74) is 0. The molecule has 1 aromatic carbocycles. The number of nitrogens with one attached hydrogen (secondary N) is 1. The molecule has 8 heteroatoms. The van der Waals surface area contributed by atoms with Crippen LogP contribution in [0.4, 0.5) is 0 Å². The van der Waals surface area contributed by atoms with Crippen molar-refractivity contribution in [2.24, 2.45) is 0 Å². The molecule has 0 spiro atoms. The van der Waals surface area contributed by atoms with Gasteiger partial charge in [0.1, 0.15) is 0 Å². The van der Waals surface area contributed by atoms with Crippen molar-refractivity contribution in [3.8, 4) is 0 Å². The summed E-state index contributed by atoms with van der Waals surface area (Å²) in [6.45, 7) is 0. The fourth-order valence-electron chi connectivity index (χ4n) is 2.38. The highest BCUT2D eigenvalue weighted by atomic mass is 32.2. The van der Waals surface area contributed by atoms with Gasteiger partial charge in [0.25, 0.3) is 0 Å². The molecule has 1 aliphatic rings. The monoisotopic (exact) mass is 333 g/mol. The van der Waals surface area contributed by atoms with Crippen LogP contribution >= 0.6 is 0 Å². The molecule has 0 unspecified atom stereocenters. The molecule has 21 heavy (non-hydrogen) atoms. The Morgan fingerprint density at radius 2 is 1.52 bits per heavy atom.